The van der Waals surface area contributed by atoms with Crippen molar-refractivity contribution in [1.82, 2.24) is 4.98 Å². The fraction of sp³-hybridized carbons (Fsp3) is 0.615. The third-order valence-corrected chi connectivity index (χ3v) is 9.96. The van der Waals surface area contributed by atoms with Crippen LogP contribution < -0.4 is 0 Å². The minimum atomic E-state index is -1.15. The molecule has 0 radical (unpaired) electrons. The molecule has 33 heavy (non-hydrogen) atoms. The summed E-state index contributed by atoms with van der Waals surface area (Å²) in [5, 5.41) is 5.68. The van der Waals surface area contributed by atoms with Gasteiger partial charge in [-0.15, -0.1) is 6.58 Å². The molecule has 0 amide bonds. The van der Waals surface area contributed by atoms with Gasteiger partial charge in [0.15, 0.2) is 0 Å². The minimum Gasteiger partial charge on any atom is -0.361 e. The summed E-state index contributed by atoms with van der Waals surface area (Å²) in [6.45, 7) is 18.9. The molecule has 1 aromatic carbocycles. The molecule has 1 saturated carbocycles. The lowest BCUT2D eigenvalue weighted by molar-refractivity contribution is -0.146. The normalized spacial score (nSPS) is 30.5. The largest absolute Gasteiger partial charge is 0.361 e. The van der Waals surface area contributed by atoms with Crippen LogP contribution in [0.15, 0.2) is 42.2 Å². The van der Waals surface area contributed by atoms with Crippen LogP contribution in [0.4, 0.5) is 0 Å². The zero-order valence-electron chi connectivity index (χ0n) is 20.9. The second kappa shape index (κ2) is 8.62. The van der Waals surface area contributed by atoms with E-state index < -0.39 is 13.5 Å². The summed E-state index contributed by atoms with van der Waals surface area (Å²) < 4.78 is 12.3. The molecule has 0 unspecified atom stereocenters. The number of aromatic amines is 1. The van der Waals surface area contributed by atoms with Crippen LogP contribution in [0.3, 0.4) is 0 Å². The van der Waals surface area contributed by atoms with Gasteiger partial charge in [0, 0.05) is 42.1 Å². The molecule has 178 valence electrons. The molecule has 4 rings (SSSR count). The number of azide groups is 1. The molecule has 2 aliphatic rings. The third-order valence-electron chi connectivity index (χ3n) is 8.25. The zero-order chi connectivity index (χ0) is 24.0. The monoisotopic (exact) mass is 466 g/mol. The van der Waals surface area contributed by atoms with Gasteiger partial charge in [0.05, 0.1) is 12.1 Å². The SMILES string of the molecule is C=C[C@]1(C)[C@H](N=[N+]=[N-])[C@H]2c3c[nH]c4cccc(c34)C(C)(C)[C@H]2C[C@H]1OCOCC[Si](C)(C)C. The topological polar surface area (TPSA) is 83.0 Å². The van der Waals surface area contributed by atoms with Crippen LogP contribution in [-0.4, -0.2) is 38.6 Å². The number of hydrogen-bond donors (Lipinski definition) is 1. The number of aromatic nitrogens is 1. The van der Waals surface area contributed by atoms with Gasteiger partial charge in [-0.1, -0.05) is 63.7 Å². The lowest BCUT2D eigenvalue weighted by atomic mass is 9.50. The molecule has 6 nitrogen and oxygen atoms in total. The molecule has 0 bridgehead atoms. The number of nitrogens with zero attached hydrogens (tertiary/aromatic N) is 3. The summed E-state index contributed by atoms with van der Waals surface area (Å²) in [7, 11) is -1.15. The summed E-state index contributed by atoms with van der Waals surface area (Å²) in [5.74, 6) is 0.358. The first-order valence-electron chi connectivity index (χ1n) is 12.0. The van der Waals surface area contributed by atoms with E-state index in [-0.39, 0.29) is 36.2 Å². The fourth-order valence-corrected chi connectivity index (χ4v) is 6.85. The Hall–Kier alpha value is -2.05. The van der Waals surface area contributed by atoms with Crippen molar-refractivity contribution in [2.45, 2.75) is 76.4 Å². The maximum Gasteiger partial charge on any atom is 0.147 e. The highest BCUT2D eigenvalue weighted by molar-refractivity contribution is 6.76. The number of nitrogens with one attached hydrogen (secondary N) is 1. The number of fused-ring (bicyclic) bond motifs is 2. The Balaban J connectivity index is 1.69. The van der Waals surface area contributed by atoms with Gasteiger partial charge in [-0.05, 0) is 52.4 Å². The van der Waals surface area contributed by atoms with E-state index in [1.807, 2.05) is 6.08 Å². The number of rotatable bonds is 8. The van der Waals surface area contributed by atoms with E-state index in [1.165, 1.54) is 16.5 Å². The van der Waals surface area contributed by atoms with Crippen LogP contribution in [-0.2, 0) is 14.9 Å². The van der Waals surface area contributed by atoms with Crippen molar-refractivity contribution in [3.05, 3.63) is 58.6 Å². The second-order valence-electron chi connectivity index (χ2n) is 11.8. The van der Waals surface area contributed by atoms with E-state index in [1.54, 1.807) is 0 Å². The van der Waals surface area contributed by atoms with Gasteiger partial charge in [0.2, 0.25) is 0 Å². The Morgan fingerprint density at radius 1 is 1.30 bits per heavy atom. The summed E-state index contributed by atoms with van der Waals surface area (Å²) >= 11 is 0. The highest BCUT2D eigenvalue weighted by atomic mass is 28.3. The molecule has 0 saturated heterocycles. The Morgan fingerprint density at radius 2 is 2.06 bits per heavy atom. The number of H-pyrrole nitrogens is 1. The quantitative estimate of drug-likeness (QED) is 0.0853. The molecule has 0 spiro atoms. The molecule has 5 atom stereocenters. The van der Waals surface area contributed by atoms with Gasteiger partial charge in [0.1, 0.15) is 6.79 Å². The van der Waals surface area contributed by atoms with Gasteiger partial charge in [-0.25, -0.2) is 0 Å². The average Bonchev–Trinajstić information content (AvgIpc) is 3.18. The molecular formula is C26H38N4O2Si. The van der Waals surface area contributed by atoms with Crippen molar-refractivity contribution < 1.29 is 9.47 Å². The Bertz CT molecular complexity index is 1080. The molecule has 1 aromatic heterocycles. The number of benzene rings is 1. The molecule has 2 aliphatic carbocycles. The first kappa shape index (κ1) is 24.1. The van der Waals surface area contributed by atoms with Crippen molar-refractivity contribution >= 4 is 19.0 Å². The predicted octanol–water partition coefficient (Wildman–Crippen LogP) is 7.13. The standard InChI is InChI=1S/C26H38N4O2Si/c1-8-26(4)21(32-16-31-12-13-33(5,6)7)14-19-23(24(26)29-30-27)17-15-28-20-11-9-10-18(22(17)20)25(19,2)3/h8-11,15,19,21,23-24,28H,1,12-14,16H2,2-7H3/t19-,21+,23-,24+,26-/m0/s1. The number of ether oxygens (including phenoxy) is 2. The van der Waals surface area contributed by atoms with Gasteiger partial charge < -0.3 is 14.5 Å². The van der Waals surface area contributed by atoms with Gasteiger partial charge in [0.25, 0.3) is 0 Å². The summed E-state index contributed by atoms with van der Waals surface area (Å²) in [5.41, 5.74) is 12.7. The van der Waals surface area contributed by atoms with E-state index in [2.05, 4.69) is 86.4 Å². The van der Waals surface area contributed by atoms with Crippen molar-refractivity contribution in [1.29, 1.82) is 0 Å². The molecular weight excluding hydrogens is 428 g/mol. The van der Waals surface area contributed by atoms with Crippen LogP contribution in [0.5, 0.6) is 0 Å². The van der Waals surface area contributed by atoms with Gasteiger partial charge >= 0.3 is 0 Å². The van der Waals surface area contributed by atoms with Crippen LogP contribution in [0.2, 0.25) is 25.7 Å². The van der Waals surface area contributed by atoms with Crippen LogP contribution >= 0.6 is 0 Å². The molecule has 0 aliphatic heterocycles. The van der Waals surface area contributed by atoms with Crippen molar-refractivity contribution in [2.75, 3.05) is 13.4 Å². The molecule has 2 aromatic rings. The summed E-state index contributed by atoms with van der Waals surface area (Å²) in [4.78, 5) is 6.76. The van der Waals surface area contributed by atoms with E-state index in [0.717, 1.165) is 24.6 Å². The first-order chi connectivity index (χ1) is 15.5. The van der Waals surface area contributed by atoms with E-state index in [0.29, 0.717) is 0 Å². The minimum absolute atomic E-state index is 0.0919. The highest BCUT2D eigenvalue weighted by Gasteiger charge is 2.57. The Morgan fingerprint density at radius 3 is 2.73 bits per heavy atom. The van der Waals surface area contributed by atoms with Crippen LogP contribution in [0.25, 0.3) is 21.3 Å². The predicted molar refractivity (Wildman–Crippen MR) is 137 cm³/mol. The van der Waals surface area contributed by atoms with E-state index in [4.69, 9.17) is 9.47 Å². The summed E-state index contributed by atoms with van der Waals surface area (Å²) in [6, 6.07) is 7.31. The van der Waals surface area contributed by atoms with Crippen molar-refractivity contribution in [2.24, 2.45) is 16.4 Å². The maximum atomic E-state index is 9.57. The molecule has 7 heteroatoms. The lowest BCUT2D eigenvalue weighted by Crippen LogP contribution is -2.56. The Labute approximate surface area is 198 Å². The lowest BCUT2D eigenvalue weighted by Gasteiger charge is -2.56. The number of hydrogen-bond acceptors (Lipinski definition) is 3. The van der Waals surface area contributed by atoms with Gasteiger partial charge in [-0.2, -0.15) is 0 Å². The summed E-state index contributed by atoms with van der Waals surface area (Å²) in [6.07, 6.45) is 4.77. The molecule has 1 fully saturated rings. The van der Waals surface area contributed by atoms with Crippen molar-refractivity contribution in [3.8, 4) is 0 Å². The Kier molecular flexibility index (Phi) is 6.29. The first-order valence-corrected chi connectivity index (χ1v) is 15.7. The average molecular weight is 467 g/mol. The van der Waals surface area contributed by atoms with E-state index in [9.17, 15) is 5.53 Å². The van der Waals surface area contributed by atoms with E-state index >= 15 is 0 Å². The second-order valence-corrected chi connectivity index (χ2v) is 17.4. The third kappa shape index (κ3) is 4.06. The zero-order valence-corrected chi connectivity index (χ0v) is 21.9. The molecule has 1 N–H and O–H groups in total. The highest BCUT2D eigenvalue weighted by Crippen LogP contribution is 2.60. The van der Waals surface area contributed by atoms with Crippen LogP contribution in [0.1, 0.15) is 44.2 Å². The van der Waals surface area contributed by atoms with Crippen molar-refractivity contribution in [3.63, 3.8) is 0 Å². The smallest absolute Gasteiger partial charge is 0.147 e. The van der Waals surface area contributed by atoms with Crippen LogP contribution in [0, 0.1) is 11.3 Å². The fourth-order valence-electron chi connectivity index (χ4n) is 6.09. The molecule has 1 heterocycles. The maximum absolute atomic E-state index is 9.57. The van der Waals surface area contributed by atoms with Gasteiger partial charge in [-0.3, -0.25) is 0 Å².